The van der Waals surface area contributed by atoms with Crippen LogP contribution >= 0.6 is 0 Å². The number of rotatable bonds is 7. The van der Waals surface area contributed by atoms with Gasteiger partial charge in [-0.1, -0.05) is 0 Å². The van der Waals surface area contributed by atoms with Crippen LogP contribution in [0.4, 0.5) is 0 Å². The van der Waals surface area contributed by atoms with Crippen molar-refractivity contribution in [1.29, 1.82) is 0 Å². The van der Waals surface area contributed by atoms with E-state index in [2.05, 4.69) is 28.1 Å². The molecule has 0 aromatic heterocycles. The van der Waals surface area contributed by atoms with Crippen LogP contribution in [0.25, 0.3) is 0 Å². The monoisotopic (exact) mass is 273 g/mol. The van der Waals surface area contributed by atoms with Crippen molar-refractivity contribution in [1.82, 2.24) is 4.90 Å². The molecule has 2 heteroatoms. The van der Waals surface area contributed by atoms with E-state index in [-0.39, 0.29) is 0 Å². The maximum absolute atomic E-state index is 2.52. The summed E-state index contributed by atoms with van der Waals surface area (Å²) in [6.45, 7) is 8.28. The molecule has 0 bridgehead atoms. The predicted octanol–water partition coefficient (Wildman–Crippen LogP) is 2.86. The van der Waals surface area contributed by atoms with E-state index in [1.54, 1.807) is 4.18 Å². The van der Waals surface area contributed by atoms with E-state index < -0.39 is 21.4 Å². The van der Waals surface area contributed by atoms with Crippen molar-refractivity contribution in [3.05, 3.63) is 0 Å². The first-order valence-corrected chi connectivity index (χ1v) is 14.3. The summed E-state index contributed by atoms with van der Waals surface area (Å²) in [6.07, 6.45) is 2.92. The van der Waals surface area contributed by atoms with Gasteiger partial charge in [0, 0.05) is 0 Å². The van der Waals surface area contributed by atoms with E-state index in [1.807, 2.05) is 0 Å². The van der Waals surface area contributed by atoms with Gasteiger partial charge in [0.1, 0.15) is 0 Å². The first-order valence-electron chi connectivity index (χ1n) is 5.43. The molecular formula is C10H24InN. The Hall–Kier alpha value is 0.830. The van der Waals surface area contributed by atoms with Crippen molar-refractivity contribution >= 4 is 21.4 Å². The van der Waals surface area contributed by atoms with E-state index >= 15 is 0 Å². The molecule has 0 aliphatic rings. The summed E-state index contributed by atoms with van der Waals surface area (Å²) in [5.41, 5.74) is 0. The second-order valence-corrected chi connectivity index (χ2v) is 13.5. The molecule has 0 radical (unpaired) electrons. The van der Waals surface area contributed by atoms with Crippen LogP contribution in [-0.4, -0.2) is 46.0 Å². The van der Waals surface area contributed by atoms with Crippen LogP contribution in [0.5, 0.6) is 0 Å². The molecule has 0 heterocycles. The Kier molecular flexibility index (Phi) is 9.01. The van der Waals surface area contributed by atoms with Crippen molar-refractivity contribution in [2.45, 2.75) is 40.2 Å². The van der Waals surface area contributed by atoms with Crippen molar-refractivity contribution in [2.75, 3.05) is 19.6 Å². The normalized spacial score (nSPS) is 10.8. The molecule has 0 rings (SSSR count). The molecule has 0 saturated carbocycles. The van der Waals surface area contributed by atoms with Crippen LogP contribution in [0.15, 0.2) is 0 Å². The molecule has 1 nitrogen and oxygen atoms in total. The number of nitrogens with zero attached hydrogens (tertiary/aromatic N) is 1. The fraction of sp³-hybridized carbons (Fsp3) is 1.00. The fourth-order valence-corrected chi connectivity index (χ4v) is 4.58. The van der Waals surface area contributed by atoms with E-state index in [1.165, 1.54) is 32.5 Å². The quantitative estimate of drug-likeness (QED) is 0.645. The van der Waals surface area contributed by atoms with Crippen LogP contribution in [0.2, 0.25) is 13.5 Å². The number of hydrogen-bond donors (Lipinski definition) is 0. The summed E-state index contributed by atoms with van der Waals surface area (Å²) in [5.74, 6) is 0. The molecule has 72 valence electrons. The Balaban J connectivity index is 3.17. The fourth-order valence-electron chi connectivity index (χ4n) is 1.43. The minimum atomic E-state index is -0.857. The maximum atomic E-state index is 2.52. The van der Waals surface area contributed by atoms with Gasteiger partial charge in [0.2, 0.25) is 0 Å². The van der Waals surface area contributed by atoms with Gasteiger partial charge in [-0.3, -0.25) is 0 Å². The standard InChI is InChI=1S/C8H18N.2CH3.In/c1-4-7-8-9(5-2)6-3;;;/h1,4-8H2,2-3H3;2*1H3;. The third-order valence-electron chi connectivity index (χ3n) is 2.40. The van der Waals surface area contributed by atoms with Gasteiger partial charge >= 0.3 is 86.2 Å². The average molecular weight is 273 g/mol. The van der Waals surface area contributed by atoms with Gasteiger partial charge in [-0.2, -0.15) is 0 Å². The van der Waals surface area contributed by atoms with E-state index in [0.29, 0.717) is 0 Å². The van der Waals surface area contributed by atoms with Gasteiger partial charge in [-0.15, -0.1) is 0 Å². The molecule has 0 amide bonds. The van der Waals surface area contributed by atoms with Crippen LogP contribution in [0.3, 0.4) is 0 Å². The number of unbranched alkanes of at least 4 members (excludes halogenated alkanes) is 1. The summed E-state index contributed by atoms with van der Waals surface area (Å²) in [5, 5.41) is 0. The molecule has 0 atom stereocenters. The van der Waals surface area contributed by atoms with Crippen molar-refractivity contribution in [3.8, 4) is 0 Å². The molecule has 12 heavy (non-hydrogen) atoms. The third kappa shape index (κ3) is 7.48. The summed E-state index contributed by atoms with van der Waals surface area (Å²) in [4.78, 5) is 2.52. The van der Waals surface area contributed by atoms with E-state index in [4.69, 9.17) is 0 Å². The Morgan fingerprint density at radius 3 is 2.00 bits per heavy atom. The summed E-state index contributed by atoms with van der Waals surface area (Å²) in [7, 11) is 0. The molecule has 0 aliphatic carbocycles. The molecule has 0 saturated heterocycles. The summed E-state index contributed by atoms with van der Waals surface area (Å²) in [6, 6.07) is 0. The molecule has 0 aliphatic heterocycles. The van der Waals surface area contributed by atoms with Gasteiger partial charge in [-0.25, -0.2) is 0 Å². The van der Waals surface area contributed by atoms with Crippen LogP contribution in [0, 0.1) is 0 Å². The summed E-state index contributed by atoms with van der Waals surface area (Å²) >= 11 is -0.857. The van der Waals surface area contributed by atoms with Gasteiger partial charge in [0.15, 0.2) is 0 Å². The Bertz CT molecular complexity index is 89.8. The summed E-state index contributed by atoms with van der Waals surface area (Å²) < 4.78 is 6.63. The average Bonchev–Trinajstić information content (AvgIpc) is 2.04. The molecular weight excluding hydrogens is 249 g/mol. The van der Waals surface area contributed by atoms with Crippen molar-refractivity contribution < 1.29 is 0 Å². The van der Waals surface area contributed by atoms with Gasteiger partial charge in [0.05, 0.1) is 0 Å². The van der Waals surface area contributed by atoms with Crippen LogP contribution in [-0.2, 0) is 0 Å². The molecule has 0 fully saturated rings. The molecule has 0 aromatic rings. The molecule has 0 N–H and O–H groups in total. The van der Waals surface area contributed by atoms with Gasteiger partial charge in [-0.05, 0) is 0 Å². The zero-order valence-corrected chi connectivity index (χ0v) is 12.6. The number of hydrogen-bond acceptors (Lipinski definition) is 1. The minimum absolute atomic E-state index is 0.857. The second kappa shape index (κ2) is 8.43. The molecule has 0 aromatic carbocycles. The predicted molar refractivity (Wildman–Crippen MR) is 59.3 cm³/mol. The Morgan fingerprint density at radius 1 is 1.00 bits per heavy atom. The zero-order chi connectivity index (χ0) is 9.40. The van der Waals surface area contributed by atoms with E-state index in [9.17, 15) is 0 Å². The second-order valence-electron chi connectivity index (χ2n) is 3.92. The SMILES string of the molecule is CCN(CC)CCC[CH2][In]([CH3])[CH3]. The van der Waals surface area contributed by atoms with Crippen LogP contribution < -0.4 is 0 Å². The third-order valence-corrected chi connectivity index (χ3v) is 6.86. The van der Waals surface area contributed by atoms with Crippen LogP contribution in [0.1, 0.15) is 26.7 Å². The van der Waals surface area contributed by atoms with Gasteiger partial charge < -0.3 is 0 Å². The van der Waals surface area contributed by atoms with Crippen molar-refractivity contribution in [2.24, 2.45) is 0 Å². The first-order chi connectivity index (χ1) is 5.70. The first kappa shape index (κ1) is 12.8. The van der Waals surface area contributed by atoms with Crippen molar-refractivity contribution in [3.63, 3.8) is 0 Å². The Labute approximate surface area is 86.1 Å². The topological polar surface area (TPSA) is 3.24 Å². The molecule has 0 unspecified atom stereocenters. The zero-order valence-electron chi connectivity index (χ0n) is 9.27. The molecule has 0 spiro atoms. The van der Waals surface area contributed by atoms with Gasteiger partial charge in [0.25, 0.3) is 0 Å². The van der Waals surface area contributed by atoms with E-state index in [0.717, 1.165) is 0 Å². The Morgan fingerprint density at radius 2 is 1.58 bits per heavy atom.